The van der Waals surface area contributed by atoms with E-state index in [1.807, 2.05) is 0 Å². The van der Waals surface area contributed by atoms with Gasteiger partial charge in [0.1, 0.15) is 0 Å². The summed E-state index contributed by atoms with van der Waals surface area (Å²) in [6, 6.07) is 7.01. The van der Waals surface area contributed by atoms with Crippen LogP contribution in [0.5, 0.6) is 0 Å². The lowest BCUT2D eigenvalue weighted by Crippen LogP contribution is -2.17. The van der Waals surface area contributed by atoms with Crippen LogP contribution < -0.4 is 11.1 Å². The van der Waals surface area contributed by atoms with Crippen LogP contribution in [0.15, 0.2) is 24.3 Å². The number of nitrogens with one attached hydrogen (secondary N) is 1. The maximum Gasteiger partial charge on any atom is 0.224 e. The Bertz CT molecular complexity index is 404. The van der Waals surface area contributed by atoms with E-state index in [2.05, 4.69) is 5.32 Å². The maximum atomic E-state index is 11.5. The number of rotatable bonds is 6. The Labute approximate surface area is 99.6 Å². The highest BCUT2D eigenvalue weighted by Crippen LogP contribution is 2.15. The van der Waals surface area contributed by atoms with E-state index >= 15 is 0 Å². The van der Waals surface area contributed by atoms with Gasteiger partial charge in [0.15, 0.2) is 0 Å². The van der Waals surface area contributed by atoms with Crippen molar-refractivity contribution >= 4 is 17.5 Å². The lowest BCUT2D eigenvalue weighted by molar-refractivity contribution is -0.118. The third-order valence-corrected chi connectivity index (χ3v) is 2.22. The average Bonchev–Trinajstić information content (AvgIpc) is 2.28. The number of hydrogen-bond donors (Lipinski definition) is 3. The SMILES string of the molecule is NC(=O)Cc1ccccc1NC(=O)CCCO. The molecule has 1 aromatic rings. The van der Waals surface area contributed by atoms with Gasteiger partial charge in [0.05, 0.1) is 6.42 Å². The van der Waals surface area contributed by atoms with Crippen molar-refractivity contribution in [3.8, 4) is 0 Å². The fourth-order valence-corrected chi connectivity index (χ4v) is 1.44. The number of primary amides is 1. The van der Waals surface area contributed by atoms with Gasteiger partial charge < -0.3 is 16.2 Å². The Balaban J connectivity index is 2.69. The topological polar surface area (TPSA) is 92.4 Å². The largest absolute Gasteiger partial charge is 0.396 e. The van der Waals surface area contributed by atoms with E-state index in [1.165, 1.54) is 0 Å². The molecule has 0 aromatic heterocycles. The second-order valence-corrected chi connectivity index (χ2v) is 3.68. The number of carbonyl (C=O) groups excluding carboxylic acids is 2. The summed E-state index contributed by atoms with van der Waals surface area (Å²) in [4.78, 5) is 22.3. The van der Waals surface area contributed by atoms with E-state index in [1.54, 1.807) is 24.3 Å². The van der Waals surface area contributed by atoms with Gasteiger partial charge in [0, 0.05) is 18.7 Å². The number of aliphatic hydroxyl groups is 1. The van der Waals surface area contributed by atoms with Gasteiger partial charge in [0.2, 0.25) is 11.8 Å². The molecule has 0 spiro atoms. The van der Waals surface area contributed by atoms with E-state index in [0.717, 1.165) is 0 Å². The number of amides is 2. The monoisotopic (exact) mass is 236 g/mol. The molecule has 1 rings (SSSR count). The second-order valence-electron chi connectivity index (χ2n) is 3.68. The van der Waals surface area contributed by atoms with Gasteiger partial charge in [-0.25, -0.2) is 0 Å². The molecule has 0 heterocycles. The van der Waals surface area contributed by atoms with Crippen LogP contribution in [-0.4, -0.2) is 23.5 Å². The first-order valence-electron chi connectivity index (χ1n) is 5.40. The number of carbonyl (C=O) groups is 2. The highest BCUT2D eigenvalue weighted by molar-refractivity contribution is 5.92. The smallest absolute Gasteiger partial charge is 0.224 e. The minimum absolute atomic E-state index is 0.0175. The number of hydrogen-bond acceptors (Lipinski definition) is 3. The third-order valence-electron chi connectivity index (χ3n) is 2.22. The van der Waals surface area contributed by atoms with Crippen molar-refractivity contribution in [2.45, 2.75) is 19.3 Å². The van der Waals surface area contributed by atoms with Crippen LogP contribution in [0.4, 0.5) is 5.69 Å². The van der Waals surface area contributed by atoms with E-state index < -0.39 is 5.91 Å². The number of para-hydroxylation sites is 1. The Morgan fingerprint density at radius 3 is 2.65 bits per heavy atom. The van der Waals surface area contributed by atoms with E-state index in [9.17, 15) is 9.59 Å². The van der Waals surface area contributed by atoms with Crippen LogP contribution in [0.3, 0.4) is 0 Å². The number of nitrogens with two attached hydrogens (primary N) is 1. The van der Waals surface area contributed by atoms with Crippen LogP contribution in [0, 0.1) is 0 Å². The Morgan fingerprint density at radius 1 is 1.29 bits per heavy atom. The lowest BCUT2D eigenvalue weighted by Gasteiger charge is -2.09. The first kappa shape index (κ1) is 13.2. The van der Waals surface area contributed by atoms with Crippen molar-refractivity contribution < 1.29 is 14.7 Å². The van der Waals surface area contributed by atoms with Gasteiger partial charge in [-0.3, -0.25) is 9.59 Å². The molecule has 1 aromatic carbocycles. The van der Waals surface area contributed by atoms with Gasteiger partial charge in [-0.1, -0.05) is 18.2 Å². The minimum Gasteiger partial charge on any atom is -0.396 e. The summed E-state index contributed by atoms with van der Waals surface area (Å²) in [5.41, 5.74) is 6.40. The summed E-state index contributed by atoms with van der Waals surface area (Å²) in [7, 11) is 0. The van der Waals surface area contributed by atoms with Crippen molar-refractivity contribution in [2.24, 2.45) is 5.73 Å². The molecule has 5 nitrogen and oxygen atoms in total. The molecule has 0 saturated heterocycles. The predicted octanol–water partition coefficient (Wildman–Crippen LogP) is 0.425. The molecule has 17 heavy (non-hydrogen) atoms. The number of aliphatic hydroxyl groups excluding tert-OH is 1. The molecule has 0 unspecified atom stereocenters. The zero-order chi connectivity index (χ0) is 12.7. The molecule has 0 aliphatic heterocycles. The van der Waals surface area contributed by atoms with Crippen molar-refractivity contribution in [2.75, 3.05) is 11.9 Å². The molecule has 0 radical (unpaired) electrons. The van der Waals surface area contributed by atoms with Crippen LogP contribution in [0.2, 0.25) is 0 Å². The number of benzene rings is 1. The molecule has 0 aliphatic rings. The van der Waals surface area contributed by atoms with Gasteiger partial charge in [-0.2, -0.15) is 0 Å². The molecule has 0 bridgehead atoms. The van der Waals surface area contributed by atoms with Gasteiger partial charge in [-0.15, -0.1) is 0 Å². The highest BCUT2D eigenvalue weighted by atomic mass is 16.3. The minimum atomic E-state index is -0.443. The quantitative estimate of drug-likeness (QED) is 0.668. The molecule has 4 N–H and O–H groups in total. The fourth-order valence-electron chi connectivity index (χ4n) is 1.44. The van der Waals surface area contributed by atoms with E-state index in [0.29, 0.717) is 17.7 Å². The molecule has 0 saturated carbocycles. The zero-order valence-electron chi connectivity index (χ0n) is 9.48. The third kappa shape index (κ3) is 4.65. The van der Waals surface area contributed by atoms with Crippen molar-refractivity contribution in [1.29, 1.82) is 0 Å². The first-order valence-corrected chi connectivity index (χ1v) is 5.40. The number of anilines is 1. The summed E-state index contributed by atoms with van der Waals surface area (Å²) in [6.07, 6.45) is 0.766. The van der Waals surface area contributed by atoms with Crippen LogP contribution in [0.1, 0.15) is 18.4 Å². The molecule has 92 valence electrons. The molecular formula is C12H16N2O3. The molecular weight excluding hydrogens is 220 g/mol. The predicted molar refractivity (Wildman–Crippen MR) is 64.3 cm³/mol. The van der Waals surface area contributed by atoms with Crippen molar-refractivity contribution in [3.05, 3.63) is 29.8 Å². The summed E-state index contributed by atoms with van der Waals surface area (Å²) in [5, 5.41) is 11.3. The fraction of sp³-hybridized carbons (Fsp3) is 0.333. The summed E-state index contributed by atoms with van der Waals surface area (Å²) < 4.78 is 0. The molecule has 2 amide bonds. The van der Waals surface area contributed by atoms with Crippen LogP contribution in [0.25, 0.3) is 0 Å². The Kier molecular flexibility index (Phi) is 5.16. The lowest BCUT2D eigenvalue weighted by atomic mass is 10.1. The van der Waals surface area contributed by atoms with Gasteiger partial charge in [0.25, 0.3) is 0 Å². The summed E-state index contributed by atoms with van der Waals surface area (Å²) in [6.45, 7) is -0.0175. The summed E-state index contributed by atoms with van der Waals surface area (Å²) in [5.74, 6) is -0.627. The van der Waals surface area contributed by atoms with Crippen molar-refractivity contribution in [3.63, 3.8) is 0 Å². The Morgan fingerprint density at radius 2 is 2.00 bits per heavy atom. The van der Waals surface area contributed by atoms with Gasteiger partial charge >= 0.3 is 0 Å². The zero-order valence-corrected chi connectivity index (χ0v) is 9.48. The highest BCUT2D eigenvalue weighted by Gasteiger charge is 2.07. The Hall–Kier alpha value is -1.88. The van der Waals surface area contributed by atoms with E-state index in [-0.39, 0.29) is 25.4 Å². The second kappa shape index (κ2) is 6.65. The molecule has 0 atom stereocenters. The van der Waals surface area contributed by atoms with Crippen LogP contribution >= 0.6 is 0 Å². The standard InChI is InChI=1S/C12H16N2O3/c13-11(16)8-9-4-1-2-5-10(9)14-12(17)6-3-7-15/h1-2,4-5,15H,3,6-8H2,(H2,13,16)(H,14,17). The van der Waals surface area contributed by atoms with Gasteiger partial charge in [-0.05, 0) is 18.1 Å². The molecule has 5 heteroatoms. The molecule has 0 fully saturated rings. The summed E-state index contributed by atoms with van der Waals surface area (Å²) >= 11 is 0. The van der Waals surface area contributed by atoms with E-state index in [4.69, 9.17) is 10.8 Å². The van der Waals surface area contributed by atoms with Crippen molar-refractivity contribution in [1.82, 2.24) is 0 Å². The first-order chi connectivity index (χ1) is 8.13. The van der Waals surface area contributed by atoms with Crippen LogP contribution in [-0.2, 0) is 16.0 Å². The molecule has 0 aliphatic carbocycles. The normalized spacial score (nSPS) is 9.94. The average molecular weight is 236 g/mol. The maximum absolute atomic E-state index is 11.5.